The quantitative estimate of drug-likeness (QED) is 0.602. The van der Waals surface area contributed by atoms with Crippen LogP contribution in [0.25, 0.3) is 5.57 Å². The van der Waals surface area contributed by atoms with E-state index in [9.17, 15) is 8.78 Å². The molecule has 0 unspecified atom stereocenters. The number of fused-ring (bicyclic) bond motifs is 3. The Balaban J connectivity index is 1.58. The molecule has 0 atom stereocenters. The summed E-state index contributed by atoms with van der Waals surface area (Å²) in [5.74, 6) is 0.834. The number of rotatable bonds is 5. The van der Waals surface area contributed by atoms with E-state index < -0.39 is 6.43 Å². The summed E-state index contributed by atoms with van der Waals surface area (Å²) in [5, 5.41) is 7.93. The largest absolute Gasteiger partial charge is 0.323 e. The number of nitrogens with zero attached hydrogens (tertiary/aromatic N) is 4. The molecule has 5 rings (SSSR count). The Morgan fingerprint density at radius 2 is 2.14 bits per heavy atom. The fourth-order valence-corrected chi connectivity index (χ4v) is 5.69. The summed E-state index contributed by atoms with van der Waals surface area (Å²) in [4.78, 5) is 7.76. The normalized spacial score (nSPS) is 19.4. The first-order valence-corrected chi connectivity index (χ1v) is 11.3. The number of halogens is 3. The highest BCUT2D eigenvalue weighted by Crippen LogP contribution is 2.45. The van der Waals surface area contributed by atoms with Crippen LogP contribution in [0.4, 0.5) is 14.5 Å². The van der Waals surface area contributed by atoms with Crippen LogP contribution in [-0.2, 0) is 0 Å². The van der Waals surface area contributed by atoms with Gasteiger partial charge in [0.15, 0.2) is 5.01 Å². The zero-order valence-corrected chi connectivity index (χ0v) is 18.1. The van der Waals surface area contributed by atoms with E-state index in [1.54, 1.807) is 11.9 Å². The van der Waals surface area contributed by atoms with Crippen LogP contribution in [0.2, 0.25) is 0 Å². The lowest BCUT2D eigenvalue weighted by molar-refractivity contribution is 0.150. The lowest BCUT2D eigenvalue weighted by atomic mass is 9.99. The van der Waals surface area contributed by atoms with E-state index in [1.807, 2.05) is 6.08 Å². The van der Waals surface area contributed by atoms with Crippen molar-refractivity contribution in [1.82, 2.24) is 14.9 Å². The topological polar surface area (TPSA) is 53.4 Å². The maximum atomic E-state index is 13.0. The monoisotopic (exact) mass is 483 g/mol. The lowest BCUT2D eigenvalue weighted by Gasteiger charge is -2.29. The molecule has 1 saturated carbocycles. The molecule has 1 N–H and O–H groups in total. The average molecular weight is 484 g/mol. The summed E-state index contributed by atoms with van der Waals surface area (Å²) < 4.78 is 30.6. The molecule has 1 aromatic heterocycles. The number of hydrogen-bond donors (Lipinski definition) is 1. The summed E-state index contributed by atoms with van der Waals surface area (Å²) in [6.07, 6.45) is 1.66. The van der Waals surface area contributed by atoms with E-state index in [0.29, 0.717) is 11.6 Å². The lowest BCUT2D eigenvalue weighted by Crippen LogP contribution is -2.30. The first kappa shape index (κ1) is 18.7. The summed E-state index contributed by atoms with van der Waals surface area (Å²) >= 11 is 6.25. The fourth-order valence-electron chi connectivity index (χ4n) is 3.21. The molecule has 1 aromatic carbocycles. The number of alkyl halides is 2. The predicted octanol–water partition coefficient (Wildman–Crippen LogP) is 5.05. The molecule has 3 aliphatic rings. The zero-order valence-electron chi connectivity index (χ0n) is 14.9. The minimum atomic E-state index is -2.62. The van der Waals surface area contributed by atoms with Crippen LogP contribution in [0.3, 0.4) is 0 Å². The van der Waals surface area contributed by atoms with Crippen LogP contribution in [-0.4, -0.2) is 34.7 Å². The Morgan fingerprint density at radius 1 is 1.32 bits per heavy atom. The van der Waals surface area contributed by atoms with Crippen molar-refractivity contribution in [1.29, 1.82) is 0 Å². The molecule has 10 heteroatoms. The smallest absolute Gasteiger partial charge is 0.291 e. The molecule has 146 valence electrons. The molecule has 5 nitrogen and oxygen atoms in total. The van der Waals surface area contributed by atoms with Gasteiger partial charge in [0, 0.05) is 32.6 Å². The predicted molar refractivity (Wildman–Crippen MR) is 112 cm³/mol. The third-order valence-electron chi connectivity index (χ3n) is 5.02. The van der Waals surface area contributed by atoms with Gasteiger partial charge in [-0.05, 0) is 65.9 Å². The third kappa shape index (κ3) is 3.30. The number of aromatic nitrogens is 2. The second-order valence-electron chi connectivity index (χ2n) is 7.26. The molecule has 0 bridgehead atoms. The van der Waals surface area contributed by atoms with E-state index in [4.69, 9.17) is 0 Å². The minimum absolute atomic E-state index is 0.200. The molecule has 0 saturated heterocycles. The Hall–Kier alpha value is -1.36. The van der Waals surface area contributed by atoms with Gasteiger partial charge in [-0.2, -0.15) is 0 Å². The molecule has 1 aliphatic carbocycles. The first-order chi connectivity index (χ1) is 13.4. The number of hydrogen-bond acceptors (Lipinski definition) is 7. The Bertz CT molecular complexity index is 1020. The number of aliphatic imine (C=N–C) groups is 1. The first-order valence-electron chi connectivity index (χ1n) is 8.87. The van der Waals surface area contributed by atoms with Crippen molar-refractivity contribution in [3.8, 4) is 0 Å². The standard InChI is InChI=1S/C18H16BrF2N5S2/c1-18(2-3-18)25-28-9-6-10-11(16-23-24-17(27-16)15(20)21)8-13-22-4-5-26(13)14(10)12(19)7-9/h6-8,15,25H,2-5H2,1H3. The van der Waals surface area contributed by atoms with Crippen molar-refractivity contribution in [2.75, 3.05) is 18.0 Å². The number of benzene rings is 1. The molecule has 28 heavy (non-hydrogen) atoms. The van der Waals surface area contributed by atoms with Crippen molar-refractivity contribution in [2.45, 2.75) is 36.6 Å². The molecule has 2 aromatic rings. The van der Waals surface area contributed by atoms with E-state index in [1.165, 1.54) is 12.8 Å². The van der Waals surface area contributed by atoms with Gasteiger partial charge in [0.05, 0.1) is 12.2 Å². The number of anilines is 1. The number of nitrogens with one attached hydrogen (secondary N) is 1. The summed E-state index contributed by atoms with van der Waals surface area (Å²) in [7, 11) is 0. The van der Waals surface area contributed by atoms with E-state index in [2.05, 4.69) is 59.8 Å². The van der Waals surface area contributed by atoms with Gasteiger partial charge in [-0.1, -0.05) is 11.3 Å². The van der Waals surface area contributed by atoms with E-state index in [0.717, 1.165) is 49.9 Å². The van der Waals surface area contributed by atoms with Crippen LogP contribution >= 0.6 is 39.2 Å². The van der Waals surface area contributed by atoms with Gasteiger partial charge in [0.25, 0.3) is 6.43 Å². The van der Waals surface area contributed by atoms with Crippen LogP contribution in [0.5, 0.6) is 0 Å². The molecule has 0 radical (unpaired) electrons. The van der Waals surface area contributed by atoms with Crippen LogP contribution in [0, 0.1) is 0 Å². The highest BCUT2D eigenvalue weighted by Gasteiger charge is 2.37. The van der Waals surface area contributed by atoms with Crippen molar-refractivity contribution >= 4 is 56.3 Å². The van der Waals surface area contributed by atoms with Gasteiger partial charge in [0.1, 0.15) is 10.8 Å². The Labute approximate surface area is 177 Å². The second kappa shape index (κ2) is 6.86. The third-order valence-corrected chi connectivity index (χ3v) is 7.65. The summed E-state index contributed by atoms with van der Waals surface area (Å²) in [6, 6.07) is 4.18. The summed E-state index contributed by atoms with van der Waals surface area (Å²) in [5.41, 5.74) is 2.95. The fraction of sp³-hybridized carbons (Fsp3) is 0.389. The van der Waals surface area contributed by atoms with Crippen molar-refractivity contribution < 1.29 is 8.78 Å². The van der Waals surface area contributed by atoms with Gasteiger partial charge in [0.2, 0.25) is 0 Å². The van der Waals surface area contributed by atoms with Crippen molar-refractivity contribution in [3.05, 3.63) is 38.3 Å². The van der Waals surface area contributed by atoms with Gasteiger partial charge < -0.3 is 4.90 Å². The molecule has 0 spiro atoms. The Morgan fingerprint density at radius 3 is 2.86 bits per heavy atom. The number of amidine groups is 1. The van der Waals surface area contributed by atoms with Gasteiger partial charge in [-0.3, -0.25) is 9.71 Å². The summed E-state index contributed by atoms with van der Waals surface area (Å²) in [6.45, 7) is 3.71. The van der Waals surface area contributed by atoms with Crippen molar-refractivity contribution in [3.63, 3.8) is 0 Å². The highest BCUT2D eigenvalue weighted by molar-refractivity contribution is 9.10. The average Bonchev–Trinajstić information content (AvgIpc) is 3.07. The van der Waals surface area contributed by atoms with Gasteiger partial charge in [-0.25, -0.2) is 8.78 Å². The van der Waals surface area contributed by atoms with Gasteiger partial charge in [-0.15, -0.1) is 10.2 Å². The van der Waals surface area contributed by atoms with Gasteiger partial charge >= 0.3 is 0 Å². The van der Waals surface area contributed by atoms with Crippen LogP contribution in [0.15, 0.2) is 32.6 Å². The van der Waals surface area contributed by atoms with Crippen LogP contribution < -0.4 is 9.62 Å². The molecule has 2 aliphatic heterocycles. The maximum Gasteiger partial charge on any atom is 0.291 e. The molecule has 3 heterocycles. The minimum Gasteiger partial charge on any atom is -0.323 e. The molecule has 0 amide bonds. The highest BCUT2D eigenvalue weighted by atomic mass is 79.9. The maximum absolute atomic E-state index is 13.0. The zero-order chi connectivity index (χ0) is 19.5. The van der Waals surface area contributed by atoms with E-state index in [-0.39, 0.29) is 10.5 Å². The molecular weight excluding hydrogens is 468 g/mol. The van der Waals surface area contributed by atoms with E-state index >= 15 is 0 Å². The second-order valence-corrected chi connectivity index (χ2v) is 10.0. The Kier molecular flexibility index (Phi) is 4.57. The SMILES string of the molecule is CC1(NSc2cc(Br)c3c(c2)C(c2nnc(C(F)F)s2)=CC2=NCCN23)CC1. The van der Waals surface area contributed by atoms with Crippen molar-refractivity contribution in [2.24, 2.45) is 4.99 Å². The molecular formula is C18H16BrF2N5S2. The molecule has 1 fully saturated rings. The van der Waals surface area contributed by atoms with Crippen LogP contribution in [0.1, 0.15) is 41.8 Å².